The van der Waals surface area contributed by atoms with E-state index in [-0.39, 0.29) is 32.7 Å². The first kappa shape index (κ1) is 42.0. The fraction of sp³-hybridized carbons (Fsp3) is 0.897. The lowest BCUT2D eigenvalue weighted by Crippen LogP contribution is -2.27. The van der Waals surface area contributed by atoms with Gasteiger partial charge in [-0.3, -0.25) is 14.4 Å². The number of hydrogen-bond donors (Lipinski definition) is 3. The molecule has 0 fully saturated rings. The Hall–Kier alpha value is -1.95. The van der Waals surface area contributed by atoms with Crippen LogP contribution >= 0.6 is 0 Å². The number of carbonyl (C=O) groups excluding carboxylic acids is 1. The molecule has 0 aromatic carbocycles. The van der Waals surface area contributed by atoms with Gasteiger partial charge in [0, 0.05) is 0 Å². The number of carboxylic acid groups (broad SMARTS) is 2. The Kier molecular flexibility index (Phi) is 29.7. The van der Waals surface area contributed by atoms with Crippen LogP contribution in [0, 0.1) is 17.8 Å². The van der Waals surface area contributed by atoms with Gasteiger partial charge >= 0.3 is 17.9 Å². The number of carboxylic acids is 2. The molecule has 0 aliphatic heterocycles. The van der Waals surface area contributed by atoms with Crippen LogP contribution in [0.25, 0.3) is 0 Å². The normalized spacial score (nSPS) is 13.4. The van der Waals surface area contributed by atoms with E-state index in [0.717, 1.165) is 0 Å². The minimum Gasteiger partial charge on any atom is -0.481 e. The number of ether oxygens (including phenoxy) is 9. The second kappa shape index (κ2) is 31.0. The summed E-state index contributed by atoms with van der Waals surface area (Å²) in [6.45, 7) is 9.81. The van der Waals surface area contributed by atoms with Crippen LogP contribution in [-0.4, -0.2) is 152 Å². The first-order valence-corrected chi connectivity index (χ1v) is 15.2. The molecule has 0 amide bonds. The molecule has 15 nitrogen and oxygen atoms in total. The van der Waals surface area contributed by atoms with Gasteiger partial charge in [0.05, 0.1) is 130 Å². The molecule has 44 heavy (non-hydrogen) atoms. The van der Waals surface area contributed by atoms with E-state index in [4.69, 9.17) is 52.8 Å². The van der Waals surface area contributed by atoms with E-state index < -0.39 is 35.7 Å². The van der Waals surface area contributed by atoms with Gasteiger partial charge in [0.25, 0.3) is 0 Å². The third-order valence-electron chi connectivity index (χ3n) is 6.12. The second-order valence-electron chi connectivity index (χ2n) is 9.64. The van der Waals surface area contributed by atoms with Crippen LogP contribution < -0.4 is 0 Å². The number of rotatable bonds is 34. The summed E-state index contributed by atoms with van der Waals surface area (Å²) in [6.07, 6.45) is 0.368. The average Bonchev–Trinajstić information content (AvgIpc) is 3.00. The zero-order valence-electron chi connectivity index (χ0n) is 26.3. The predicted octanol–water partition coefficient (Wildman–Crippen LogP) is 0.883. The van der Waals surface area contributed by atoms with Gasteiger partial charge in [-0.15, -0.1) is 0 Å². The van der Waals surface area contributed by atoms with Crippen LogP contribution in [-0.2, 0) is 57.0 Å². The Labute approximate surface area is 260 Å². The monoisotopic (exact) mass is 642 g/mol. The standard InChI is InChI=1S/C29H54O15/c1-3-25(23-26(28(33)34)22-24(2)27(31)32)29(35)44-21-20-43-19-18-42-17-16-41-15-14-40-13-12-39-11-10-38-9-8-37-7-6-36-5-4-30/h24-26,30H,3-23H2,1-2H3,(H,31,32)(H,33,34). The quantitative estimate of drug-likeness (QED) is 0.0661. The number of aliphatic hydroxyl groups is 1. The lowest BCUT2D eigenvalue weighted by Gasteiger charge is -2.20. The highest BCUT2D eigenvalue weighted by Gasteiger charge is 2.30. The fourth-order valence-electron chi connectivity index (χ4n) is 3.62. The number of hydrogen-bond acceptors (Lipinski definition) is 13. The Bertz CT molecular complexity index is 694. The van der Waals surface area contributed by atoms with E-state index in [1.54, 1.807) is 6.92 Å². The maximum Gasteiger partial charge on any atom is 0.309 e. The molecule has 0 heterocycles. The van der Waals surface area contributed by atoms with Crippen molar-refractivity contribution in [1.29, 1.82) is 0 Å². The highest BCUT2D eigenvalue weighted by molar-refractivity contribution is 5.76. The molecule has 260 valence electrons. The van der Waals surface area contributed by atoms with E-state index >= 15 is 0 Å². The minimum absolute atomic E-state index is 0.00800. The minimum atomic E-state index is -1.12. The van der Waals surface area contributed by atoms with Crippen LogP contribution in [0.1, 0.15) is 33.1 Å². The van der Waals surface area contributed by atoms with Crippen molar-refractivity contribution >= 4 is 17.9 Å². The molecule has 0 bridgehead atoms. The van der Waals surface area contributed by atoms with Crippen molar-refractivity contribution in [3.63, 3.8) is 0 Å². The molecule has 0 saturated carbocycles. The molecule has 0 saturated heterocycles. The Morgan fingerprint density at radius 3 is 1.14 bits per heavy atom. The topological polar surface area (TPSA) is 195 Å². The molecule has 0 spiro atoms. The lowest BCUT2D eigenvalue weighted by atomic mass is 9.86. The van der Waals surface area contributed by atoms with Gasteiger partial charge in [0.2, 0.25) is 0 Å². The average molecular weight is 643 g/mol. The molecule has 15 heteroatoms. The van der Waals surface area contributed by atoms with Gasteiger partial charge in [0.1, 0.15) is 6.61 Å². The molecule has 0 aliphatic rings. The first-order valence-electron chi connectivity index (χ1n) is 15.2. The largest absolute Gasteiger partial charge is 0.481 e. The van der Waals surface area contributed by atoms with Crippen molar-refractivity contribution in [2.45, 2.75) is 33.1 Å². The van der Waals surface area contributed by atoms with Crippen molar-refractivity contribution in [1.82, 2.24) is 0 Å². The van der Waals surface area contributed by atoms with Crippen molar-refractivity contribution in [3.8, 4) is 0 Å². The highest BCUT2D eigenvalue weighted by atomic mass is 16.6. The van der Waals surface area contributed by atoms with Gasteiger partial charge < -0.3 is 58.0 Å². The maximum absolute atomic E-state index is 12.3. The molecule has 0 aromatic heterocycles. The Balaban J connectivity index is 3.50. The number of esters is 1. The summed E-state index contributed by atoms with van der Waals surface area (Å²) in [4.78, 5) is 34.9. The summed E-state index contributed by atoms with van der Waals surface area (Å²) in [5, 5.41) is 27.0. The molecule has 0 radical (unpaired) electrons. The third kappa shape index (κ3) is 26.5. The zero-order chi connectivity index (χ0) is 32.7. The Morgan fingerprint density at radius 2 is 0.841 bits per heavy atom. The van der Waals surface area contributed by atoms with E-state index in [1.807, 2.05) is 0 Å². The van der Waals surface area contributed by atoms with Crippen molar-refractivity contribution in [2.24, 2.45) is 17.8 Å². The molecule has 0 rings (SSSR count). The van der Waals surface area contributed by atoms with Crippen LogP contribution in [0.5, 0.6) is 0 Å². The molecule has 0 aromatic rings. The SMILES string of the molecule is CCC(CC(CC(C)C(=O)O)C(=O)O)C(=O)OCCOCCOCCOCCOCCOCCOCCOCCOCCO. The van der Waals surface area contributed by atoms with Crippen molar-refractivity contribution in [2.75, 3.05) is 119 Å². The molecule has 3 unspecified atom stereocenters. The molecular weight excluding hydrogens is 588 g/mol. The van der Waals surface area contributed by atoms with Crippen LogP contribution in [0.15, 0.2) is 0 Å². The van der Waals surface area contributed by atoms with Gasteiger partial charge in [0.15, 0.2) is 0 Å². The second-order valence-corrected chi connectivity index (χ2v) is 9.64. The number of aliphatic hydroxyl groups excluding tert-OH is 1. The lowest BCUT2D eigenvalue weighted by molar-refractivity contribution is -0.152. The van der Waals surface area contributed by atoms with Gasteiger partial charge in [-0.05, 0) is 19.3 Å². The summed E-state index contributed by atoms with van der Waals surface area (Å²) in [5.41, 5.74) is 0. The predicted molar refractivity (Wildman–Crippen MR) is 156 cm³/mol. The van der Waals surface area contributed by atoms with E-state index in [0.29, 0.717) is 106 Å². The summed E-state index contributed by atoms with van der Waals surface area (Å²) < 4.78 is 48.0. The maximum atomic E-state index is 12.3. The Morgan fingerprint density at radius 1 is 0.500 bits per heavy atom. The van der Waals surface area contributed by atoms with Gasteiger partial charge in [-0.1, -0.05) is 13.8 Å². The van der Waals surface area contributed by atoms with Crippen molar-refractivity contribution in [3.05, 3.63) is 0 Å². The summed E-state index contributed by atoms with van der Waals surface area (Å²) in [6, 6.07) is 0. The molecular formula is C29H54O15. The fourth-order valence-corrected chi connectivity index (χ4v) is 3.62. The molecule has 3 atom stereocenters. The van der Waals surface area contributed by atoms with Gasteiger partial charge in [-0.25, -0.2) is 0 Å². The zero-order valence-corrected chi connectivity index (χ0v) is 26.3. The van der Waals surface area contributed by atoms with E-state index in [2.05, 4.69) is 0 Å². The third-order valence-corrected chi connectivity index (χ3v) is 6.12. The number of aliphatic carboxylic acids is 2. The van der Waals surface area contributed by atoms with Gasteiger partial charge in [-0.2, -0.15) is 0 Å². The van der Waals surface area contributed by atoms with Crippen LogP contribution in [0.3, 0.4) is 0 Å². The highest BCUT2D eigenvalue weighted by Crippen LogP contribution is 2.24. The molecule has 0 aliphatic carbocycles. The number of carbonyl (C=O) groups is 3. The van der Waals surface area contributed by atoms with E-state index in [9.17, 15) is 19.5 Å². The first-order chi connectivity index (χ1) is 21.3. The van der Waals surface area contributed by atoms with Crippen molar-refractivity contribution < 1.29 is 72.3 Å². The summed E-state index contributed by atoms with van der Waals surface area (Å²) >= 11 is 0. The van der Waals surface area contributed by atoms with Crippen LogP contribution in [0.2, 0.25) is 0 Å². The summed E-state index contributed by atoms with van der Waals surface area (Å²) in [5.74, 6) is -5.09. The van der Waals surface area contributed by atoms with Crippen LogP contribution in [0.4, 0.5) is 0 Å². The van der Waals surface area contributed by atoms with E-state index in [1.165, 1.54) is 6.92 Å². The summed E-state index contributed by atoms with van der Waals surface area (Å²) in [7, 11) is 0. The smallest absolute Gasteiger partial charge is 0.309 e. The molecule has 3 N–H and O–H groups in total.